The van der Waals surface area contributed by atoms with Crippen LogP contribution >= 0.6 is 0 Å². The zero-order valence-corrected chi connectivity index (χ0v) is 10.6. The van der Waals surface area contributed by atoms with Gasteiger partial charge < -0.3 is 10.4 Å². The lowest BCUT2D eigenvalue weighted by Crippen LogP contribution is -2.17. The monoisotopic (exact) mass is 259 g/mol. The van der Waals surface area contributed by atoms with Crippen molar-refractivity contribution in [3.63, 3.8) is 0 Å². The van der Waals surface area contributed by atoms with Crippen LogP contribution in [0.15, 0.2) is 24.3 Å². The summed E-state index contributed by atoms with van der Waals surface area (Å²) in [6, 6.07) is 7.12. The SMILES string of the molecule is O=C(O)Cc1ccccc1NC(=O)C1CC1C1CC1. The average molecular weight is 259 g/mol. The number of carbonyl (C=O) groups excluding carboxylic acids is 1. The Labute approximate surface area is 111 Å². The van der Waals surface area contributed by atoms with E-state index in [2.05, 4.69) is 5.32 Å². The van der Waals surface area contributed by atoms with Gasteiger partial charge in [0.25, 0.3) is 0 Å². The van der Waals surface area contributed by atoms with Crippen LogP contribution < -0.4 is 5.32 Å². The topological polar surface area (TPSA) is 66.4 Å². The molecule has 2 unspecified atom stereocenters. The van der Waals surface area contributed by atoms with Crippen LogP contribution in [0.25, 0.3) is 0 Å². The van der Waals surface area contributed by atoms with Gasteiger partial charge in [-0.25, -0.2) is 0 Å². The first-order valence-electron chi connectivity index (χ1n) is 6.75. The van der Waals surface area contributed by atoms with Crippen molar-refractivity contribution in [3.05, 3.63) is 29.8 Å². The van der Waals surface area contributed by atoms with Gasteiger partial charge in [0.1, 0.15) is 0 Å². The summed E-state index contributed by atoms with van der Waals surface area (Å²) >= 11 is 0. The third-order valence-corrected chi connectivity index (χ3v) is 4.02. The summed E-state index contributed by atoms with van der Waals surface area (Å²) in [6.07, 6.45) is 3.47. The van der Waals surface area contributed by atoms with Gasteiger partial charge >= 0.3 is 5.97 Å². The molecule has 2 atom stereocenters. The Bertz CT molecular complexity index is 522. The van der Waals surface area contributed by atoms with Crippen LogP contribution in [0.5, 0.6) is 0 Å². The van der Waals surface area contributed by atoms with E-state index in [1.54, 1.807) is 18.2 Å². The van der Waals surface area contributed by atoms with E-state index in [-0.39, 0.29) is 18.2 Å². The second-order valence-corrected chi connectivity index (χ2v) is 5.56. The predicted molar refractivity (Wildman–Crippen MR) is 70.7 cm³/mol. The number of carboxylic acids is 1. The zero-order chi connectivity index (χ0) is 13.4. The highest BCUT2D eigenvalue weighted by molar-refractivity contribution is 5.95. The number of para-hydroxylation sites is 1. The fourth-order valence-corrected chi connectivity index (χ4v) is 2.75. The molecule has 100 valence electrons. The minimum atomic E-state index is -0.885. The van der Waals surface area contributed by atoms with Gasteiger partial charge in [0.15, 0.2) is 0 Å². The van der Waals surface area contributed by atoms with Crippen LogP contribution in [0.4, 0.5) is 5.69 Å². The van der Waals surface area contributed by atoms with Crippen molar-refractivity contribution in [3.8, 4) is 0 Å². The molecule has 2 fully saturated rings. The molecule has 19 heavy (non-hydrogen) atoms. The number of carbonyl (C=O) groups is 2. The van der Waals surface area contributed by atoms with Crippen molar-refractivity contribution in [2.24, 2.45) is 17.8 Å². The van der Waals surface area contributed by atoms with E-state index >= 15 is 0 Å². The van der Waals surface area contributed by atoms with Crippen molar-refractivity contribution in [2.45, 2.75) is 25.7 Å². The summed E-state index contributed by atoms with van der Waals surface area (Å²) in [5, 5.41) is 11.7. The van der Waals surface area contributed by atoms with Gasteiger partial charge in [0.05, 0.1) is 6.42 Å². The summed E-state index contributed by atoms with van der Waals surface area (Å²) in [7, 11) is 0. The quantitative estimate of drug-likeness (QED) is 0.852. The summed E-state index contributed by atoms with van der Waals surface area (Å²) in [4.78, 5) is 22.9. The number of hydrogen-bond acceptors (Lipinski definition) is 2. The normalized spacial score (nSPS) is 24.8. The summed E-state index contributed by atoms with van der Waals surface area (Å²) in [6.45, 7) is 0. The lowest BCUT2D eigenvalue weighted by atomic mass is 10.1. The molecule has 1 aromatic rings. The van der Waals surface area contributed by atoms with Crippen LogP contribution in [0, 0.1) is 17.8 Å². The lowest BCUT2D eigenvalue weighted by Gasteiger charge is -2.09. The van der Waals surface area contributed by atoms with Crippen molar-refractivity contribution in [1.82, 2.24) is 0 Å². The Morgan fingerprint density at radius 1 is 1.26 bits per heavy atom. The van der Waals surface area contributed by atoms with Gasteiger partial charge in [-0.15, -0.1) is 0 Å². The highest BCUT2D eigenvalue weighted by Gasteiger charge is 2.51. The zero-order valence-electron chi connectivity index (χ0n) is 10.6. The third kappa shape index (κ3) is 2.78. The number of amides is 1. The number of carboxylic acid groups (broad SMARTS) is 1. The van der Waals surface area contributed by atoms with E-state index in [1.807, 2.05) is 6.07 Å². The number of anilines is 1. The van der Waals surface area contributed by atoms with Crippen LogP contribution in [-0.2, 0) is 16.0 Å². The number of hydrogen-bond donors (Lipinski definition) is 2. The lowest BCUT2D eigenvalue weighted by molar-refractivity contribution is -0.136. The van der Waals surface area contributed by atoms with Gasteiger partial charge in [-0.1, -0.05) is 18.2 Å². The van der Waals surface area contributed by atoms with E-state index in [0.29, 0.717) is 17.2 Å². The summed E-state index contributed by atoms with van der Waals surface area (Å²) in [5.74, 6) is 0.653. The fourth-order valence-electron chi connectivity index (χ4n) is 2.75. The molecule has 2 saturated carbocycles. The molecule has 1 amide bonds. The Kier molecular flexibility index (Phi) is 3.01. The second-order valence-electron chi connectivity index (χ2n) is 5.56. The Hall–Kier alpha value is -1.84. The first-order valence-corrected chi connectivity index (χ1v) is 6.75. The van der Waals surface area contributed by atoms with Crippen molar-refractivity contribution >= 4 is 17.6 Å². The van der Waals surface area contributed by atoms with E-state index in [0.717, 1.165) is 12.3 Å². The average Bonchev–Trinajstić information content (AvgIpc) is 3.23. The molecular formula is C15H17NO3. The number of nitrogens with one attached hydrogen (secondary N) is 1. The van der Waals surface area contributed by atoms with Crippen LogP contribution in [0.2, 0.25) is 0 Å². The predicted octanol–water partition coefficient (Wildman–Crippen LogP) is 2.30. The van der Waals surface area contributed by atoms with Crippen LogP contribution in [0.3, 0.4) is 0 Å². The number of aliphatic carboxylic acids is 1. The van der Waals surface area contributed by atoms with Crippen molar-refractivity contribution in [2.75, 3.05) is 5.32 Å². The maximum absolute atomic E-state index is 12.1. The highest BCUT2D eigenvalue weighted by atomic mass is 16.4. The highest BCUT2D eigenvalue weighted by Crippen LogP contribution is 2.54. The minimum absolute atomic E-state index is 0.0507. The maximum Gasteiger partial charge on any atom is 0.307 e. The largest absolute Gasteiger partial charge is 0.481 e. The minimum Gasteiger partial charge on any atom is -0.481 e. The molecule has 4 heteroatoms. The van der Waals surface area contributed by atoms with E-state index in [4.69, 9.17) is 5.11 Å². The molecule has 0 radical (unpaired) electrons. The molecule has 0 aliphatic heterocycles. The van der Waals surface area contributed by atoms with Gasteiger partial charge in [0, 0.05) is 11.6 Å². The summed E-state index contributed by atoms with van der Waals surface area (Å²) < 4.78 is 0. The molecular weight excluding hydrogens is 242 g/mol. The van der Waals surface area contributed by atoms with Crippen LogP contribution in [-0.4, -0.2) is 17.0 Å². The molecule has 2 aliphatic rings. The first kappa shape index (κ1) is 12.2. The Morgan fingerprint density at radius 2 is 2.00 bits per heavy atom. The van der Waals surface area contributed by atoms with Gasteiger partial charge in [-0.2, -0.15) is 0 Å². The Morgan fingerprint density at radius 3 is 2.68 bits per heavy atom. The number of benzene rings is 1. The first-order chi connectivity index (χ1) is 9.15. The molecule has 0 aromatic heterocycles. The molecule has 0 bridgehead atoms. The molecule has 0 spiro atoms. The maximum atomic E-state index is 12.1. The van der Waals surface area contributed by atoms with Crippen molar-refractivity contribution < 1.29 is 14.7 Å². The Balaban J connectivity index is 1.65. The molecule has 3 rings (SSSR count). The van der Waals surface area contributed by atoms with E-state index in [9.17, 15) is 9.59 Å². The smallest absolute Gasteiger partial charge is 0.307 e. The second kappa shape index (κ2) is 4.68. The van der Waals surface area contributed by atoms with Gasteiger partial charge in [0.2, 0.25) is 5.91 Å². The van der Waals surface area contributed by atoms with E-state index in [1.165, 1.54) is 12.8 Å². The fraction of sp³-hybridized carbons (Fsp3) is 0.467. The van der Waals surface area contributed by atoms with Crippen molar-refractivity contribution in [1.29, 1.82) is 0 Å². The van der Waals surface area contributed by atoms with Gasteiger partial charge in [-0.05, 0) is 42.7 Å². The molecule has 4 nitrogen and oxygen atoms in total. The molecule has 2 aliphatic carbocycles. The molecule has 0 heterocycles. The van der Waals surface area contributed by atoms with Crippen LogP contribution in [0.1, 0.15) is 24.8 Å². The molecule has 1 aromatic carbocycles. The van der Waals surface area contributed by atoms with Gasteiger partial charge in [-0.3, -0.25) is 9.59 Å². The molecule has 0 saturated heterocycles. The summed E-state index contributed by atoms with van der Waals surface area (Å²) in [5.41, 5.74) is 1.29. The number of rotatable bonds is 5. The van der Waals surface area contributed by atoms with E-state index < -0.39 is 5.97 Å². The third-order valence-electron chi connectivity index (χ3n) is 4.02. The standard InChI is InChI=1S/C15H17NO3/c17-14(18)7-10-3-1-2-4-13(10)16-15(19)12-8-11(12)9-5-6-9/h1-4,9,11-12H,5-8H2,(H,16,19)(H,17,18). The molecule has 2 N–H and O–H groups in total.